The first-order chi connectivity index (χ1) is 13.9. The van der Waals surface area contributed by atoms with E-state index in [1.165, 1.54) is 0 Å². The number of hydrogen-bond donors (Lipinski definition) is 2. The van der Waals surface area contributed by atoms with Gasteiger partial charge in [-0.3, -0.25) is 10.1 Å². The van der Waals surface area contributed by atoms with Crippen molar-refractivity contribution in [3.8, 4) is 0 Å². The van der Waals surface area contributed by atoms with Crippen molar-refractivity contribution in [1.82, 2.24) is 14.9 Å². The number of nitrogens with zero attached hydrogens (tertiary/aromatic N) is 2. The van der Waals surface area contributed by atoms with Crippen LogP contribution in [0.2, 0.25) is 0 Å². The number of anilines is 1. The fraction of sp³-hybridized carbons (Fsp3) is 0.250. The zero-order valence-corrected chi connectivity index (χ0v) is 17.4. The van der Waals surface area contributed by atoms with Gasteiger partial charge in [-0.05, 0) is 49.4 Å². The molecule has 0 fully saturated rings. The lowest BCUT2D eigenvalue weighted by Crippen LogP contribution is -2.31. The molecule has 0 saturated carbocycles. The molecular formula is C20H20N4O3S2. The molecule has 1 aromatic heterocycles. The van der Waals surface area contributed by atoms with Gasteiger partial charge in [-0.1, -0.05) is 53.3 Å². The number of aryl methyl sites for hydroxylation is 2. The number of nitrogens with one attached hydrogen (secondary N) is 2. The average molecular weight is 429 g/mol. The van der Waals surface area contributed by atoms with Gasteiger partial charge in [-0.15, -0.1) is 10.2 Å². The van der Waals surface area contributed by atoms with Gasteiger partial charge in [0.2, 0.25) is 9.47 Å². The van der Waals surface area contributed by atoms with E-state index < -0.39 is 10.0 Å². The molecule has 29 heavy (non-hydrogen) atoms. The fourth-order valence-electron chi connectivity index (χ4n) is 3.44. The second kappa shape index (κ2) is 8.02. The van der Waals surface area contributed by atoms with E-state index in [0.29, 0.717) is 5.56 Å². The van der Waals surface area contributed by atoms with E-state index in [1.54, 1.807) is 18.2 Å². The average Bonchev–Trinajstić information content (AvgIpc) is 3.18. The van der Waals surface area contributed by atoms with Gasteiger partial charge in [0.15, 0.2) is 0 Å². The molecule has 1 aliphatic rings. The maximum Gasteiger partial charge on any atom is 0.270 e. The lowest BCUT2D eigenvalue weighted by atomic mass is 9.88. The number of benzene rings is 2. The minimum atomic E-state index is -3.85. The van der Waals surface area contributed by atoms with Crippen LogP contribution in [-0.2, 0) is 16.4 Å². The summed E-state index contributed by atoms with van der Waals surface area (Å²) < 4.78 is 28.2. The summed E-state index contributed by atoms with van der Waals surface area (Å²) in [5, 5.41) is 10.4. The molecular weight excluding hydrogens is 408 g/mol. The fourth-order valence-corrected chi connectivity index (χ4v) is 5.60. The zero-order valence-electron chi connectivity index (χ0n) is 15.8. The van der Waals surface area contributed by atoms with E-state index in [1.807, 2.05) is 37.3 Å². The number of fused-ring (bicyclic) bond motifs is 1. The van der Waals surface area contributed by atoms with E-state index in [-0.39, 0.29) is 21.4 Å². The van der Waals surface area contributed by atoms with Crippen molar-refractivity contribution in [2.75, 3.05) is 5.32 Å². The second-order valence-corrected chi connectivity index (χ2v) is 9.83. The molecule has 1 unspecified atom stereocenters. The maximum atomic E-state index is 12.8. The molecule has 7 nitrogen and oxygen atoms in total. The predicted octanol–water partition coefficient (Wildman–Crippen LogP) is 3.45. The van der Waals surface area contributed by atoms with Gasteiger partial charge in [0.25, 0.3) is 15.9 Å². The molecule has 0 saturated heterocycles. The summed E-state index contributed by atoms with van der Waals surface area (Å²) in [5.41, 5.74) is 3.59. The van der Waals surface area contributed by atoms with Crippen molar-refractivity contribution < 1.29 is 13.2 Å². The van der Waals surface area contributed by atoms with Crippen LogP contribution in [0.15, 0.2) is 52.9 Å². The summed E-state index contributed by atoms with van der Waals surface area (Å²) >= 11 is 0.832. The number of amides is 1. The van der Waals surface area contributed by atoms with E-state index in [9.17, 15) is 13.2 Å². The summed E-state index contributed by atoms with van der Waals surface area (Å²) in [7, 11) is -3.85. The van der Waals surface area contributed by atoms with Gasteiger partial charge in [0, 0.05) is 11.6 Å². The van der Waals surface area contributed by atoms with Crippen LogP contribution < -0.4 is 10.0 Å². The minimum absolute atomic E-state index is 0.140. The standard InChI is InChI=1S/C20H20N4O3S2/c1-13-6-4-9-15(12-13)18(25)21-19-22-23-20(28-19)29(26,27)24-17-11-5-8-14-7-2-3-10-16(14)17/h2-4,6-7,9-10,12,17,24H,5,8,11H2,1H3,(H,21,22,25). The predicted molar refractivity (Wildman–Crippen MR) is 111 cm³/mol. The Morgan fingerprint density at radius 2 is 1.97 bits per heavy atom. The lowest BCUT2D eigenvalue weighted by Gasteiger charge is -2.25. The summed E-state index contributed by atoms with van der Waals surface area (Å²) in [6.07, 6.45) is 2.59. The topological polar surface area (TPSA) is 101 Å². The molecule has 1 heterocycles. The summed E-state index contributed by atoms with van der Waals surface area (Å²) in [6.45, 7) is 1.89. The number of carbonyl (C=O) groups is 1. The highest BCUT2D eigenvalue weighted by molar-refractivity contribution is 7.91. The van der Waals surface area contributed by atoms with Gasteiger partial charge in [-0.2, -0.15) is 0 Å². The van der Waals surface area contributed by atoms with Gasteiger partial charge in [0.05, 0.1) is 0 Å². The van der Waals surface area contributed by atoms with Crippen LogP contribution in [0.1, 0.15) is 45.9 Å². The molecule has 3 aromatic rings. The second-order valence-electron chi connectivity index (χ2n) is 6.96. The Balaban J connectivity index is 1.49. The molecule has 1 atom stereocenters. The number of carbonyl (C=O) groups excluding carboxylic acids is 1. The van der Waals surface area contributed by atoms with Crippen molar-refractivity contribution in [2.24, 2.45) is 0 Å². The lowest BCUT2D eigenvalue weighted by molar-refractivity contribution is 0.102. The smallest absolute Gasteiger partial charge is 0.270 e. The molecule has 1 aliphatic carbocycles. The van der Waals surface area contributed by atoms with Crippen molar-refractivity contribution in [3.05, 3.63) is 70.8 Å². The normalized spacial score (nSPS) is 16.2. The van der Waals surface area contributed by atoms with Crippen molar-refractivity contribution in [3.63, 3.8) is 0 Å². The van der Waals surface area contributed by atoms with Gasteiger partial charge in [-0.25, -0.2) is 13.1 Å². The summed E-state index contributed by atoms with van der Waals surface area (Å²) in [5.74, 6) is -0.358. The number of hydrogen-bond acceptors (Lipinski definition) is 6. The molecule has 2 N–H and O–H groups in total. The number of rotatable bonds is 5. The van der Waals surface area contributed by atoms with Gasteiger partial charge >= 0.3 is 0 Å². The van der Waals surface area contributed by atoms with E-state index in [4.69, 9.17) is 0 Å². The SMILES string of the molecule is Cc1cccc(C(=O)Nc2nnc(S(=O)(=O)NC3CCCc4ccccc43)s2)c1. The maximum absolute atomic E-state index is 12.8. The first-order valence-corrected chi connectivity index (χ1v) is 11.5. The van der Waals surface area contributed by atoms with Crippen LogP contribution in [-0.4, -0.2) is 24.5 Å². The van der Waals surface area contributed by atoms with Crippen molar-refractivity contribution >= 4 is 32.4 Å². The zero-order chi connectivity index (χ0) is 20.4. The molecule has 9 heteroatoms. The van der Waals surface area contributed by atoms with E-state index >= 15 is 0 Å². The third-order valence-corrected chi connectivity index (χ3v) is 7.48. The highest BCUT2D eigenvalue weighted by Crippen LogP contribution is 2.31. The van der Waals surface area contributed by atoms with Crippen LogP contribution in [0, 0.1) is 6.92 Å². The molecule has 0 bridgehead atoms. The molecule has 2 aromatic carbocycles. The Morgan fingerprint density at radius 3 is 2.79 bits per heavy atom. The van der Waals surface area contributed by atoms with Crippen LogP contribution in [0.3, 0.4) is 0 Å². The third kappa shape index (κ3) is 4.36. The Morgan fingerprint density at radius 1 is 1.14 bits per heavy atom. The Hall–Kier alpha value is -2.62. The first-order valence-electron chi connectivity index (χ1n) is 9.24. The van der Waals surface area contributed by atoms with Gasteiger partial charge < -0.3 is 0 Å². The number of aromatic nitrogens is 2. The molecule has 0 radical (unpaired) electrons. The number of sulfonamides is 1. The third-order valence-electron chi connectivity index (χ3n) is 4.80. The summed E-state index contributed by atoms with van der Waals surface area (Å²) in [4.78, 5) is 12.3. The monoisotopic (exact) mass is 428 g/mol. The van der Waals surface area contributed by atoms with Gasteiger partial charge in [0.1, 0.15) is 0 Å². The quantitative estimate of drug-likeness (QED) is 0.606. The Kier molecular flexibility index (Phi) is 5.44. The highest BCUT2D eigenvalue weighted by Gasteiger charge is 2.28. The highest BCUT2D eigenvalue weighted by atomic mass is 32.2. The van der Waals surface area contributed by atoms with Crippen LogP contribution in [0.4, 0.5) is 5.13 Å². The summed E-state index contributed by atoms with van der Waals surface area (Å²) in [6, 6.07) is 14.7. The van der Waals surface area contributed by atoms with Crippen molar-refractivity contribution in [2.45, 2.75) is 36.6 Å². The Labute approximate surface area is 173 Å². The van der Waals surface area contributed by atoms with E-state index in [2.05, 4.69) is 20.2 Å². The largest absolute Gasteiger partial charge is 0.296 e. The molecule has 0 spiro atoms. The Bertz CT molecular complexity index is 1160. The minimum Gasteiger partial charge on any atom is -0.296 e. The molecule has 150 valence electrons. The van der Waals surface area contributed by atoms with Crippen LogP contribution >= 0.6 is 11.3 Å². The van der Waals surface area contributed by atoms with Crippen molar-refractivity contribution in [1.29, 1.82) is 0 Å². The molecule has 0 aliphatic heterocycles. The molecule has 4 rings (SSSR count). The molecule has 1 amide bonds. The van der Waals surface area contributed by atoms with Crippen LogP contribution in [0.5, 0.6) is 0 Å². The van der Waals surface area contributed by atoms with E-state index in [0.717, 1.165) is 47.3 Å². The first kappa shape index (κ1) is 19.7. The van der Waals surface area contributed by atoms with Crippen LogP contribution in [0.25, 0.3) is 0 Å².